The van der Waals surface area contributed by atoms with E-state index in [-0.39, 0.29) is 34.5 Å². The number of ether oxygens (including phenoxy) is 1. The quantitative estimate of drug-likeness (QED) is 0.494. The summed E-state index contributed by atoms with van der Waals surface area (Å²) >= 11 is 11.7. The van der Waals surface area contributed by atoms with Crippen molar-refractivity contribution in [2.75, 3.05) is 23.8 Å². The van der Waals surface area contributed by atoms with Crippen LogP contribution in [0.5, 0.6) is 0 Å². The number of hydrazine groups is 1. The maximum Gasteiger partial charge on any atom is 0.311 e. The number of nitrogens with zero attached hydrogens (tertiary/aromatic N) is 1. The standard InChI is InChI=1S/C22H20Cl2N4O6/c1-12(29)25-15-3-5-16(6-4-15)26-19(30)11-34-22(33)14-9-20(31)28(10-14)27-21(32)13-2-7-17(23)18(24)8-13/h2-8,14H,9-11H2,1H3,(H,25,29)(H,26,30)(H,27,32)/t14-/m0/s1. The predicted molar refractivity (Wildman–Crippen MR) is 124 cm³/mol. The number of carbonyl (C=O) groups is 5. The number of anilines is 2. The van der Waals surface area contributed by atoms with Crippen LogP contribution in [0, 0.1) is 5.92 Å². The molecule has 4 amide bonds. The van der Waals surface area contributed by atoms with E-state index in [4.69, 9.17) is 27.9 Å². The van der Waals surface area contributed by atoms with Crippen molar-refractivity contribution >= 4 is 64.2 Å². The summed E-state index contributed by atoms with van der Waals surface area (Å²) in [6.45, 7) is 0.730. The molecule has 0 radical (unpaired) electrons. The molecule has 0 spiro atoms. The summed E-state index contributed by atoms with van der Waals surface area (Å²) in [5, 5.41) is 6.64. The maximum atomic E-state index is 12.4. The molecule has 0 bridgehead atoms. The molecule has 1 fully saturated rings. The molecule has 1 heterocycles. The van der Waals surface area contributed by atoms with E-state index in [2.05, 4.69) is 16.1 Å². The van der Waals surface area contributed by atoms with Gasteiger partial charge in [-0.15, -0.1) is 0 Å². The van der Waals surface area contributed by atoms with Gasteiger partial charge in [0.25, 0.3) is 11.8 Å². The van der Waals surface area contributed by atoms with E-state index >= 15 is 0 Å². The van der Waals surface area contributed by atoms with Crippen LogP contribution in [0.15, 0.2) is 42.5 Å². The van der Waals surface area contributed by atoms with Gasteiger partial charge in [0.15, 0.2) is 6.61 Å². The monoisotopic (exact) mass is 506 g/mol. The molecule has 34 heavy (non-hydrogen) atoms. The molecule has 1 aliphatic heterocycles. The fraction of sp³-hybridized carbons (Fsp3) is 0.227. The second kappa shape index (κ2) is 11.0. The Bertz CT molecular complexity index is 1140. The van der Waals surface area contributed by atoms with E-state index in [1.54, 1.807) is 24.3 Å². The number of nitrogens with one attached hydrogen (secondary N) is 3. The van der Waals surface area contributed by atoms with Gasteiger partial charge in [-0.3, -0.25) is 34.4 Å². The van der Waals surface area contributed by atoms with E-state index in [9.17, 15) is 24.0 Å². The van der Waals surface area contributed by atoms with Gasteiger partial charge < -0.3 is 15.4 Å². The molecule has 3 N–H and O–H groups in total. The average molecular weight is 507 g/mol. The number of carbonyl (C=O) groups excluding carboxylic acids is 5. The average Bonchev–Trinajstić information content (AvgIpc) is 3.15. The van der Waals surface area contributed by atoms with Crippen LogP contribution < -0.4 is 16.1 Å². The molecule has 1 atom stereocenters. The van der Waals surface area contributed by atoms with E-state index in [0.29, 0.717) is 11.4 Å². The van der Waals surface area contributed by atoms with Crippen LogP contribution in [-0.4, -0.2) is 47.8 Å². The Morgan fingerprint density at radius 1 is 1.00 bits per heavy atom. The lowest BCUT2D eigenvalue weighted by molar-refractivity contribution is -0.151. The van der Waals surface area contributed by atoms with Gasteiger partial charge >= 0.3 is 5.97 Å². The fourth-order valence-electron chi connectivity index (χ4n) is 3.09. The molecule has 2 aromatic carbocycles. The molecular formula is C22H20Cl2N4O6. The van der Waals surface area contributed by atoms with Crippen molar-refractivity contribution in [1.29, 1.82) is 0 Å². The first-order chi connectivity index (χ1) is 16.1. The molecule has 0 saturated carbocycles. The second-order valence-electron chi connectivity index (χ2n) is 7.39. The van der Waals surface area contributed by atoms with Crippen LogP contribution in [-0.2, 0) is 23.9 Å². The zero-order valence-corrected chi connectivity index (χ0v) is 19.4. The minimum atomic E-state index is -0.841. The number of halogens is 2. The highest BCUT2D eigenvalue weighted by Crippen LogP contribution is 2.23. The number of hydrogen-bond acceptors (Lipinski definition) is 6. The lowest BCUT2D eigenvalue weighted by atomic mass is 10.1. The molecule has 2 aromatic rings. The van der Waals surface area contributed by atoms with Crippen LogP contribution in [0.25, 0.3) is 0 Å². The minimum absolute atomic E-state index is 0.100. The van der Waals surface area contributed by atoms with Crippen molar-refractivity contribution in [3.05, 3.63) is 58.1 Å². The van der Waals surface area contributed by atoms with Crippen molar-refractivity contribution in [1.82, 2.24) is 10.4 Å². The summed E-state index contributed by atoms with van der Waals surface area (Å²) in [4.78, 5) is 60.0. The molecular weight excluding hydrogens is 487 g/mol. The third kappa shape index (κ3) is 6.69. The van der Waals surface area contributed by atoms with E-state index in [1.165, 1.54) is 25.1 Å². The topological polar surface area (TPSA) is 134 Å². The summed E-state index contributed by atoms with van der Waals surface area (Å²) in [6, 6.07) is 10.6. The van der Waals surface area contributed by atoms with Gasteiger partial charge in [-0.05, 0) is 42.5 Å². The lowest BCUT2D eigenvalue weighted by Crippen LogP contribution is -2.43. The largest absolute Gasteiger partial charge is 0.455 e. The second-order valence-corrected chi connectivity index (χ2v) is 8.20. The number of esters is 1. The Hall–Kier alpha value is -3.63. The molecule has 178 valence electrons. The highest BCUT2D eigenvalue weighted by molar-refractivity contribution is 6.42. The first-order valence-electron chi connectivity index (χ1n) is 10.0. The Kier molecular flexibility index (Phi) is 8.08. The Morgan fingerprint density at radius 2 is 1.65 bits per heavy atom. The lowest BCUT2D eigenvalue weighted by Gasteiger charge is -2.17. The van der Waals surface area contributed by atoms with Crippen molar-refractivity contribution < 1.29 is 28.7 Å². The maximum absolute atomic E-state index is 12.4. The van der Waals surface area contributed by atoms with Crippen LogP contribution in [0.4, 0.5) is 11.4 Å². The summed E-state index contributed by atoms with van der Waals surface area (Å²) in [5.41, 5.74) is 3.62. The highest BCUT2D eigenvalue weighted by Gasteiger charge is 2.36. The SMILES string of the molecule is CC(=O)Nc1ccc(NC(=O)COC(=O)[C@H]2CC(=O)N(NC(=O)c3ccc(Cl)c(Cl)c3)C2)cc1. The van der Waals surface area contributed by atoms with E-state index in [1.807, 2.05) is 0 Å². The van der Waals surface area contributed by atoms with Crippen LogP contribution >= 0.6 is 23.2 Å². The van der Waals surface area contributed by atoms with Crippen molar-refractivity contribution in [3.63, 3.8) is 0 Å². The Balaban J connectivity index is 1.46. The minimum Gasteiger partial charge on any atom is -0.455 e. The van der Waals surface area contributed by atoms with Gasteiger partial charge in [0, 0.05) is 30.3 Å². The molecule has 12 heteroatoms. The molecule has 10 nitrogen and oxygen atoms in total. The van der Waals surface area contributed by atoms with Crippen LogP contribution in [0.2, 0.25) is 10.0 Å². The van der Waals surface area contributed by atoms with Gasteiger partial charge in [0.1, 0.15) is 0 Å². The molecule has 1 saturated heterocycles. The first kappa shape index (κ1) is 25.0. The van der Waals surface area contributed by atoms with Gasteiger partial charge in [0.2, 0.25) is 11.8 Å². The number of amides is 4. The molecule has 1 aliphatic rings. The molecule has 0 unspecified atom stereocenters. The Labute approximate surface area is 204 Å². The van der Waals surface area contributed by atoms with Crippen LogP contribution in [0.3, 0.4) is 0 Å². The molecule has 0 aromatic heterocycles. The van der Waals surface area contributed by atoms with Gasteiger partial charge in [-0.2, -0.15) is 0 Å². The van der Waals surface area contributed by atoms with Crippen LogP contribution in [0.1, 0.15) is 23.7 Å². The highest BCUT2D eigenvalue weighted by atomic mass is 35.5. The summed E-state index contributed by atoms with van der Waals surface area (Å²) in [7, 11) is 0. The van der Waals surface area contributed by atoms with E-state index in [0.717, 1.165) is 5.01 Å². The van der Waals surface area contributed by atoms with Crippen molar-refractivity contribution in [2.45, 2.75) is 13.3 Å². The third-order valence-electron chi connectivity index (χ3n) is 4.71. The molecule has 0 aliphatic carbocycles. The predicted octanol–water partition coefficient (Wildman–Crippen LogP) is 2.63. The van der Waals surface area contributed by atoms with Gasteiger partial charge in [-0.1, -0.05) is 23.2 Å². The van der Waals surface area contributed by atoms with Crippen molar-refractivity contribution in [2.24, 2.45) is 5.92 Å². The first-order valence-corrected chi connectivity index (χ1v) is 10.8. The van der Waals surface area contributed by atoms with Gasteiger partial charge in [-0.25, -0.2) is 0 Å². The van der Waals surface area contributed by atoms with E-state index < -0.39 is 36.2 Å². The fourth-order valence-corrected chi connectivity index (χ4v) is 3.39. The zero-order valence-electron chi connectivity index (χ0n) is 17.9. The number of rotatable bonds is 7. The number of benzene rings is 2. The third-order valence-corrected chi connectivity index (χ3v) is 5.45. The molecule has 3 rings (SSSR count). The smallest absolute Gasteiger partial charge is 0.311 e. The Morgan fingerprint density at radius 3 is 2.26 bits per heavy atom. The normalized spacial score (nSPS) is 15.0. The number of hydrogen-bond donors (Lipinski definition) is 3. The summed E-state index contributed by atoms with van der Waals surface area (Å²) in [5.74, 6) is -3.44. The summed E-state index contributed by atoms with van der Waals surface area (Å²) in [6.07, 6.45) is -0.174. The van der Waals surface area contributed by atoms with Gasteiger partial charge in [0.05, 0.1) is 22.5 Å². The summed E-state index contributed by atoms with van der Waals surface area (Å²) < 4.78 is 5.02. The zero-order chi connectivity index (χ0) is 24.8. The van der Waals surface area contributed by atoms with Crippen molar-refractivity contribution in [3.8, 4) is 0 Å².